The third kappa shape index (κ3) is 14.5. The molecule has 612 valence electrons. The fraction of sp³-hybridized carbons (Fsp3) is 0. The second-order valence-electron chi connectivity index (χ2n) is 32.6. The zero-order valence-electron chi connectivity index (χ0n) is 70.4. The molecule has 0 radical (unpaired) electrons. The molecule has 0 saturated carbocycles. The van der Waals surface area contributed by atoms with Crippen LogP contribution in [0.1, 0.15) is 0 Å². The molecule has 0 spiro atoms. The fourth-order valence-electron chi connectivity index (χ4n) is 18.2. The number of rotatable bonds is 12. The first-order valence-electron chi connectivity index (χ1n) is 43.7. The lowest BCUT2D eigenvalue weighted by molar-refractivity contribution is 0.668. The Bertz CT molecular complexity index is 8790. The summed E-state index contributed by atoms with van der Waals surface area (Å²) >= 11 is 0. The Kier molecular flexibility index (Phi) is 19.3. The summed E-state index contributed by atoms with van der Waals surface area (Å²) in [6, 6.07) is 152. The van der Waals surface area contributed by atoms with Crippen LogP contribution in [0.3, 0.4) is 0 Å². The Morgan fingerprint density at radius 1 is 0.122 bits per heavy atom. The van der Waals surface area contributed by atoms with Gasteiger partial charge in [-0.1, -0.05) is 370 Å². The standard InChI is InChI=1S/2C41H25N3O.C37H23N3O/c1-3-10-30-24-32(22-16-26(30)8-1)40-42-39(43-41(44-40)33-23-17-27-9-2-4-11-31(27)25-33)29-20-18-28(19-21-29)34-13-7-15-37-38(34)35-12-5-6-14-36(35)45-37;1-2-12-27(13-3-1)39-42-40(29-22-21-26-11-4-5-14-28(26)25-29)44-41(43-39)34-24-23-32(30-15-6-7-16-31(30)34)33-18-10-20-37-38(33)35-17-8-9-19-36(35)45-37;1-3-11-24(12-4-1)35-38-36(25-13-5-2-6-14-25)40-37(39-35)31-21-20-27(28-15-7-8-16-29(28)31)26-19-22-34-32(23-26)30-17-9-10-18-33(30)41-34/h2*1-25H;1-23H. The molecule has 20 aromatic carbocycles. The van der Waals surface area contributed by atoms with E-state index < -0.39 is 0 Å². The maximum atomic E-state index is 6.23. The SMILES string of the molecule is c1ccc(-c2nc(-c3ccc4ccccc4c3)nc(-c3ccc(-c4cccc5oc6ccccc6c45)c4ccccc34)n2)cc1.c1ccc(-c2nc(-c3ccccc3)nc(-c3ccc(-c4ccc5oc6ccccc6c5c4)c4ccccc34)n2)cc1.c1ccc2cc(-c3nc(-c4ccc(-c5cccc6oc7ccccc7c56)cc4)nc(-c4ccc5ccccc5c4)n3)ccc2c1. The van der Waals surface area contributed by atoms with Crippen LogP contribution in [0.25, 0.3) is 256 Å². The van der Waals surface area contributed by atoms with Crippen LogP contribution < -0.4 is 0 Å². The highest BCUT2D eigenvalue weighted by Gasteiger charge is 2.24. The van der Waals surface area contributed by atoms with E-state index in [2.05, 4.69) is 297 Å². The van der Waals surface area contributed by atoms with Crippen molar-refractivity contribution in [2.45, 2.75) is 0 Å². The van der Waals surface area contributed by atoms with Gasteiger partial charge < -0.3 is 13.3 Å². The maximum Gasteiger partial charge on any atom is 0.164 e. The average molecular weight is 1680 g/mol. The molecule has 12 nitrogen and oxygen atoms in total. The van der Waals surface area contributed by atoms with E-state index in [1.54, 1.807) is 0 Å². The first-order valence-corrected chi connectivity index (χ1v) is 43.7. The van der Waals surface area contributed by atoms with Crippen LogP contribution in [0.4, 0.5) is 0 Å². The second kappa shape index (κ2) is 32.9. The summed E-state index contributed by atoms with van der Waals surface area (Å²) in [6.07, 6.45) is 0. The predicted molar refractivity (Wildman–Crippen MR) is 534 cm³/mol. The Balaban J connectivity index is 0.000000109. The molecule has 0 aliphatic carbocycles. The Labute approximate surface area is 751 Å². The van der Waals surface area contributed by atoms with Crippen molar-refractivity contribution in [3.8, 4) is 136 Å². The summed E-state index contributed by atoms with van der Waals surface area (Å²) in [4.78, 5) is 45.0. The van der Waals surface area contributed by atoms with E-state index in [9.17, 15) is 0 Å². The average Bonchev–Trinajstić information content (AvgIpc) is 1.15. The van der Waals surface area contributed by atoms with E-state index in [4.69, 9.17) is 58.1 Å². The molecule has 0 fully saturated rings. The Morgan fingerprint density at radius 2 is 0.397 bits per heavy atom. The van der Waals surface area contributed by atoms with E-state index in [1.807, 2.05) is 146 Å². The molecule has 0 N–H and O–H groups in total. The molecule has 0 bridgehead atoms. The van der Waals surface area contributed by atoms with Gasteiger partial charge in [-0.15, -0.1) is 0 Å². The smallest absolute Gasteiger partial charge is 0.164 e. The summed E-state index contributed by atoms with van der Waals surface area (Å²) in [5.74, 6) is 5.81. The second-order valence-corrected chi connectivity index (χ2v) is 32.6. The Hall–Kier alpha value is -17.9. The third-order valence-corrected chi connectivity index (χ3v) is 24.6. The van der Waals surface area contributed by atoms with Gasteiger partial charge in [-0.25, -0.2) is 44.9 Å². The lowest BCUT2D eigenvalue weighted by Crippen LogP contribution is -2.00. The molecule has 0 atom stereocenters. The number of benzene rings is 20. The van der Waals surface area contributed by atoms with Crippen molar-refractivity contribution < 1.29 is 13.3 Å². The highest BCUT2D eigenvalue weighted by atomic mass is 16.3. The molecule has 0 aliphatic rings. The number of aromatic nitrogens is 9. The topological polar surface area (TPSA) is 155 Å². The largest absolute Gasteiger partial charge is 0.456 e. The van der Waals surface area contributed by atoms with Gasteiger partial charge in [0, 0.05) is 82.4 Å². The van der Waals surface area contributed by atoms with Crippen molar-refractivity contribution in [1.82, 2.24) is 44.9 Å². The summed E-state index contributed by atoms with van der Waals surface area (Å²) < 4.78 is 18.5. The molecule has 0 saturated heterocycles. The van der Waals surface area contributed by atoms with E-state index in [-0.39, 0.29) is 0 Å². The number of furan rings is 3. The quantitative estimate of drug-likeness (QED) is 0.114. The van der Waals surface area contributed by atoms with Gasteiger partial charge in [-0.3, -0.25) is 0 Å². The molecule has 0 aliphatic heterocycles. The maximum absolute atomic E-state index is 6.23. The van der Waals surface area contributed by atoms with Crippen LogP contribution in [0.5, 0.6) is 0 Å². The highest BCUT2D eigenvalue weighted by molar-refractivity contribution is 6.17. The minimum Gasteiger partial charge on any atom is -0.456 e. The van der Waals surface area contributed by atoms with Crippen LogP contribution in [0.15, 0.2) is 456 Å². The van der Waals surface area contributed by atoms with Crippen molar-refractivity contribution in [3.05, 3.63) is 443 Å². The molecular weight excluding hydrogens is 1600 g/mol. The molecule has 131 heavy (non-hydrogen) atoms. The van der Waals surface area contributed by atoms with E-state index >= 15 is 0 Å². The van der Waals surface area contributed by atoms with Gasteiger partial charge in [0.05, 0.1) is 0 Å². The van der Waals surface area contributed by atoms with Crippen molar-refractivity contribution in [1.29, 1.82) is 0 Å². The minimum absolute atomic E-state index is 0.634. The van der Waals surface area contributed by atoms with Gasteiger partial charge in [-0.05, 0) is 160 Å². The Morgan fingerprint density at radius 3 is 0.840 bits per heavy atom. The molecular formula is C119H73N9O3. The summed E-state index contributed by atoms with van der Waals surface area (Å²) in [5.41, 5.74) is 20.7. The molecule has 12 heteroatoms. The fourth-order valence-corrected chi connectivity index (χ4v) is 18.2. The van der Waals surface area contributed by atoms with Crippen LogP contribution in [0.2, 0.25) is 0 Å². The molecule has 6 aromatic heterocycles. The van der Waals surface area contributed by atoms with Gasteiger partial charge in [0.1, 0.15) is 33.5 Å². The number of nitrogens with zero attached hydrogens (tertiary/aromatic N) is 9. The van der Waals surface area contributed by atoms with Crippen molar-refractivity contribution >= 4 is 120 Å². The molecule has 0 amide bonds. The first-order chi connectivity index (χ1) is 64.9. The van der Waals surface area contributed by atoms with Crippen LogP contribution in [-0.4, -0.2) is 44.9 Å². The normalized spacial score (nSPS) is 11.5. The van der Waals surface area contributed by atoms with Gasteiger partial charge in [0.15, 0.2) is 52.4 Å². The lowest BCUT2D eigenvalue weighted by atomic mass is 9.92. The molecule has 0 unspecified atom stereocenters. The minimum atomic E-state index is 0.634. The van der Waals surface area contributed by atoms with Crippen LogP contribution in [-0.2, 0) is 0 Å². The van der Waals surface area contributed by atoms with Gasteiger partial charge >= 0.3 is 0 Å². The van der Waals surface area contributed by atoms with Crippen LogP contribution in [0, 0.1) is 0 Å². The summed E-state index contributed by atoms with van der Waals surface area (Å²) in [5, 5.41) is 18.1. The van der Waals surface area contributed by atoms with E-state index in [1.165, 1.54) is 16.2 Å². The third-order valence-electron chi connectivity index (χ3n) is 24.6. The van der Waals surface area contributed by atoms with Crippen molar-refractivity contribution in [2.24, 2.45) is 0 Å². The number of fused-ring (bicyclic) bond motifs is 14. The molecule has 6 heterocycles. The number of hydrogen-bond acceptors (Lipinski definition) is 12. The molecule has 26 aromatic rings. The zero-order valence-corrected chi connectivity index (χ0v) is 70.4. The van der Waals surface area contributed by atoms with E-state index in [0.29, 0.717) is 52.4 Å². The summed E-state index contributed by atoms with van der Waals surface area (Å²) in [6.45, 7) is 0. The van der Waals surface area contributed by atoms with Gasteiger partial charge in [0.2, 0.25) is 0 Å². The number of hydrogen-bond donors (Lipinski definition) is 0. The number of para-hydroxylation sites is 3. The van der Waals surface area contributed by atoms with E-state index in [0.717, 1.165) is 187 Å². The summed E-state index contributed by atoms with van der Waals surface area (Å²) in [7, 11) is 0. The highest BCUT2D eigenvalue weighted by Crippen LogP contribution is 2.45. The van der Waals surface area contributed by atoms with Crippen LogP contribution >= 0.6 is 0 Å². The molecule has 26 rings (SSSR count). The van der Waals surface area contributed by atoms with Gasteiger partial charge in [0.25, 0.3) is 0 Å². The van der Waals surface area contributed by atoms with Gasteiger partial charge in [-0.2, -0.15) is 0 Å². The zero-order chi connectivity index (χ0) is 86.7. The van der Waals surface area contributed by atoms with Crippen molar-refractivity contribution in [2.75, 3.05) is 0 Å². The lowest BCUT2D eigenvalue weighted by Gasteiger charge is -2.14. The predicted octanol–water partition coefficient (Wildman–Crippen LogP) is 31.1. The first kappa shape index (κ1) is 76.8. The monoisotopic (exact) mass is 1680 g/mol. The van der Waals surface area contributed by atoms with Crippen molar-refractivity contribution in [3.63, 3.8) is 0 Å².